The molecule has 2 aromatic carbocycles. The zero-order chi connectivity index (χ0) is 34.4. The monoisotopic (exact) mass is 862 g/mol. The number of hydrogen-bond donors (Lipinski definition) is 1. The predicted octanol–water partition coefficient (Wildman–Crippen LogP) is 11.5. The van der Waals surface area contributed by atoms with Gasteiger partial charge >= 0.3 is 6.18 Å². The Hall–Kier alpha value is -2.39. The van der Waals surface area contributed by atoms with Gasteiger partial charge < -0.3 is 9.90 Å². The van der Waals surface area contributed by atoms with Crippen molar-refractivity contribution in [2.75, 3.05) is 0 Å². The summed E-state index contributed by atoms with van der Waals surface area (Å²) in [5.74, 6) is 0.437. The molecule has 0 spiro atoms. The number of nitrogens with zero attached hydrogens (tertiary/aromatic N) is 2. The van der Waals surface area contributed by atoms with Crippen LogP contribution in [0.15, 0.2) is 48.5 Å². The van der Waals surface area contributed by atoms with Crippen LogP contribution in [0.3, 0.4) is 0 Å². The summed E-state index contributed by atoms with van der Waals surface area (Å²) in [6, 6.07) is 15.6. The Morgan fingerprint density at radius 3 is 2.23 bits per heavy atom. The van der Waals surface area contributed by atoms with Gasteiger partial charge in [-0.05, 0) is 37.2 Å². The molecule has 0 aliphatic carbocycles. The molecule has 47 heavy (non-hydrogen) atoms. The Labute approximate surface area is 296 Å². The molecule has 4 rings (SSSR count). The van der Waals surface area contributed by atoms with E-state index in [1.807, 2.05) is 39.0 Å². The van der Waals surface area contributed by atoms with Gasteiger partial charge in [0.05, 0.1) is 11.3 Å². The second-order valence-corrected chi connectivity index (χ2v) is 19.4. The second-order valence-electron chi connectivity index (χ2n) is 13.3. The van der Waals surface area contributed by atoms with Crippen molar-refractivity contribution < 1.29 is 43.2 Å². The number of benzene rings is 2. The van der Waals surface area contributed by atoms with E-state index in [4.69, 9.17) is 0 Å². The molecule has 10 heteroatoms. The smallest absolute Gasteiger partial charge is 0.389 e. The van der Waals surface area contributed by atoms with Crippen molar-refractivity contribution in [1.82, 2.24) is 9.97 Å². The van der Waals surface area contributed by atoms with Crippen molar-refractivity contribution in [2.45, 2.75) is 111 Å². The van der Waals surface area contributed by atoms with Crippen LogP contribution in [0.2, 0.25) is 18.6 Å². The fourth-order valence-electron chi connectivity index (χ4n) is 5.47. The minimum Gasteiger partial charge on any atom is -0.512 e. The van der Waals surface area contributed by atoms with Gasteiger partial charge in [0, 0.05) is 53.8 Å². The summed E-state index contributed by atoms with van der Waals surface area (Å²) >= 11 is 1.36. The molecule has 0 aliphatic heterocycles. The largest absolute Gasteiger partial charge is 0.512 e. The van der Waals surface area contributed by atoms with Gasteiger partial charge in [0.1, 0.15) is 19.8 Å². The summed E-state index contributed by atoms with van der Waals surface area (Å²) in [6.45, 7) is 18.7. The third-order valence-corrected chi connectivity index (χ3v) is 14.9. The van der Waals surface area contributed by atoms with Crippen molar-refractivity contribution in [3.8, 4) is 11.3 Å². The number of fused-ring (bicyclic) bond motifs is 2. The number of aromatic nitrogens is 2. The maximum absolute atomic E-state index is 12.7. The van der Waals surface area contributed by atoms with E-state index in [2.05, 4.69) is 69.3 Å². The van der Waals surface area contributed by atoms with Crippen LogP contribution in [0, 0.1) is 18.9 Å². The van der Waals surface area contributed by atoms with Crippen LogP contribution in [0.25, 0.3) is 32.2 Å². The van der Waals surface area contributed by atoms with Crippen molar-refractivity contribution in [2.24, 2.45) is 5.92 Å². The maximum atomic E-state index is 12.7. The van der Waals surface area contributed by atoms with Crippen LogP contribution in [0.4, 0.5) is 13.2 Å². The zero-order valence-electron chi connectivity index (χ0n) is 29.0. The summed E-state index contributed by atoms with van der Waals surface area (Å²) < 4.78 is 39.1. The SMILES string of the molecule is CCC(CC)/C(O)=C/C(=O)[Si](C)(CC)CC.Cc1c(CCC(F)(F)F)sc2c(-c3[c-]c4ccccc4c(C(C)(C)C)c3)ncnc12.[Ir]. The second kappa shape index (κ2) is 16.8. The molecular weight excluding hydrogens is 814 g/mol. The Kier molecular flexibility index (Phi) is 14.6. The standard InChI is InChI=1S/C24H22F3N2S.C13H26O2Si.Ir/c1-14-19(9-10-24(25,26)27)30-22-20(14)28-13-29-21(22)16-11-15-7-5-6-8-17(15)18(12-16)23(2,3)4;1-6-11(7-2)12(14)10-13(15)16(5,8-3)9-4;/h5-8,12-13H,9-10H2,1-4H3;10-11,14H,6-9H2,1-5H3;/q-1;;/b;12-10-;. The minimum absolute atomic E-state index is 0. The zero-order valence-corrected chi connectivity index (χ0v) is 33.2. The quantitative estimate of drug-likeness (QED) is 0.0747. The number of halogens is 3. The van der Waals surface area contributed by atoms with Gasteiger partial charge in [-0.15, -0.1) is 40.5 Å². The third-order valence-electron chi connectivity index (χ3n) is 9.11. The normalized spacial score (nSPS) is 12.7. The molecule has 0 fully saturated rings. The van der Waals surface area contributed by atoms with Crippen LogP contribution in [-0.4, -0.2) is 34.7 Å². The molecule has 0 amide bonds. The van der Waals surface area contributed by atoms with Crippen molar-refractivity contribution in [1.29, 1.82) is 0 Å². The molecule has 0 saturated heterocycles. The number of carbonyl (C=O) groups is 1. The van der Waals surface area contributed by atoms with Gasteiger partial charge in [0.2, 0.25) is 0 Å². The van der Waals surface area contributed by atoms with Gasteiger partial charge in [-0.1, -0.05) is 96.3 Å². The Bertz CT molecular complexity index is 1690. The summed E-state index contributed by atoms with van der Waals surface area (Å²) in [6.07, 6.45) is -0.262. The van der Waals surface area contributed by atoms with Gasteiger partial charge in [-0.3, -0.25) is 4.98 Å². The molecule has 2 heterocycles. The number of aryl methyl sites for hydroxylation is 2. The summed E-state index contributed by atoms with van der Waals surface area (Å²) in [4.78, 5) is 21.7. The first kappa shape index (κ1) is 40.8. The van der Waals surface area contributed by atoms with Crippen LogP contribution in [0.5, 0.6) is 0 Å². The van der Waals surface area contributed by atoms with Gasteiger partial charge in [0.25, 0.3) is 0 Å². The number of alkyl halides is 3. The summed E-state index contributed by atoms with van der Waals surface area (Å²) in [5.41, 5.74) is 4.20. The van der Waals surface area contributed by atoms with E-state index in [1.165, 1.54) is 29.3 Å². The average molecular weight is 862 g/mol. The number of allylic oxidation sites excluding steroid dienone is 2. The molecule has 2 aromatic heterocycles. The van der Waals surface area contributed by atoms with E-state index in [0.717, 1.165) is 62.7 Å². The Balaban J connectivity index is 0.000000388. The molecule has 0 saturated carbocycles. The molecule has 259 valence electrons. The van der Waals surface area contributed by atoms with Crippen LogP contribution in [-0.2, 0) is 36.7 Å². The van der Waals surface area contributed by atoms with E-state index in [1.54, 1.807) is 0 Å². The van der Waals surface area contributed by atoms with E-state index in [-0.39, 0.29) is 49.0 Å². The molecule has 4 aromatic rings. The predicted molar refractivity (Wildman–Crippen MR) is 189 cm³/mol. The van der Waals surface area contributed by atoms with Crippen molar-refractivity contribution in [3.05, 3.63) is 70.6 Å². The topological polar surface area (TPSA) is 63.1 Å². The molecule has 0 unspecified atom stereocenters. The molecule has 1 radical (unpaired) electrons. The maximum Gasteiger partial charge on any atom is 0.389 e. The van der Waals surface area contributed by atoms with Gasteiger partial charge in [-0.2, -0.15) is 13.2 Å². The van der Waals surface area contributed by atoms with E-state index < -0.39 is 20.7 Å². The van der Waals surface area contributed by atoms with Gasteiger partial charge in [0.15, 0.2) is 0 Å². The number of thiophene rings is 1. The van der Waals surface area contributed by atoms with Crippen molar-refractivity contribution >= 4 is 45.8 Å². The number of aliphatic hydroxyl groups is 1. The minimum atomic E-state index is -4.18. The van der Waals surface area contributed by atoms with Crippen LogP contribution in [0.1, 0.15) is 83.7 Å². The number of hydrogen-bond acceptors (Lipinski definition) is 5. The summed E-state index contributed by atoms with van der Waals surface area (Å²) in [5, 5.41) is 12.2. The number of aliphatic hydroxyl groups excluding tert-OH is 1. The molecule has 4 nitrogen and oxygen atoms in total. The van der Waals surface area contributed by atoms with Crippen molar-refractivity contribution in [3.63, 3.8) is 0 Å². The van der Waals surface area contributed by atoms with E-state index >= 15 is 0 Å². The molecule has 0 bridgehead atoms. The van der Waals surface area contributed by atoms with Crippen LogP contribution < -0.4 is 0 Å². The van der Waals surface area contributed by atoms with E-state index in [9.17, 15) is 23.1 Å². The first-order valence-corrected chi connectivity index (χ1v) is 19.9. The molecule has 0 atom stereocenters. The Morgan fingerprint density at radius 1 is 1.06 bits per heavy atom. The fraction of sp³-hybridized carbons (Fsp3) is 0.486. The van der Waals surface area contributed by atoms with Gasteiger partial charge in [-0.25, -0.2) is 4.98 Å². The average Bonchev–Trinajstić information content (AvgIpc) is 3.34. The van der Waals surface area contributed by atoms with E-state index in [0.29, 0.717) is 4.88 Å². The Morgan fingerprint density at radius 2 is 1.68 bits per heavy atom. The molecular formula is C37H48F3IrN2O2SSi-. The number of carbonyl (C=O) groups excluding carboxylic acids is 1. The molecule has 0 aliphatic rings. The fourth-order valence-corrected chi connectivity index (χ4v) is 8.42. The first-order valence-electron chi connectivity index (χ1n) is 16.2. The summed E-state index contributed by atoms with van der Waals surface area (Å²) in [7, 11) is -1.81. The first-order chi connectivity index (χ1) is 21.5. The number of rotatable bonds is 10. The molecule has 1 N–H and O–H groups in total. The third kappa shape index (κ3) is 10.1. The van der Waals surface area contributed by atoms with Crippen LogP contribution >= 0.6 is 11.3 Å².